The monoisotopic (exact) mass is 474 g/mol. The highest BCUT2D eigenvalue weighted by molar-refractivity contribution is 5.71. The Morgan fingerprint density at radius 2 is 1.29 bits per heavy atom. The number of hydrogen-bond donors (Lipinski definition) is 0. The predicted octanol–water partition coefficient (Wildman–Crippen LogP) is 7.44. The van der Waals surface area contributed by atoms with E-state index in [-0.39, 0.29) is 35.0 Å². The summed E-state index contributed by atoms with van der Waals surface area (Å²) in [5.41, 5.74) is 0.895. The van der Waals surface area contributed by atoms with Crippen LogP contribution in [0.5, 0.6) is 5.75 Å². The quantitative estimate of drug-likeness (QED) is 0.333. The Bertz CT molecular complexity index is 1140. The van der Waals surface area contributed by atoms with E-state index in [0.717, 1.165) is 12.8 Å². The Labute approximate surface area is 196 Å². The molecule has 3 aromatic rings. The molecule has 1 aliphatic heterocycles. The van der Waals surface area contributed by atoms with Crippen LogP contribution < -0.4 is 4.74 Å². The van der Waals surface area contributed by atoms with Crippen molar-refractivity contribution in [1.29, 1.82) is 0 Å². The summed E-state index contributed by atoms with van der Waals surface area (Å²) in [6.07, 6.45) is 1.00. The first-order valence-corrected chi connectivity index (χ1v) is 11.4. The van der Waals surface area contributed by atoms with Crippen LogP contribution in [0.25, 0.3) is 22.3 Å². The van der Waals surface area contributed by atoms with Gasteiger partial charge in [0.2, 0.25) is 5.82 Å². The van der Waals surface area contributed by atoms with Crippen LogP contribution in [0, 0.1) is 29.2 Å². The molecule has 1 fully saturated rings. The van der Waals surface area contributed by atoms with Gasteiger partial charge in [0.05, 0.1) is 19.8 Å². The lowest BCUT2D eigenvalue weighted by molar-refractivity contribution is -0.207. The first kappa shape index (κ1) is 24.2. The zero-order valence-electron chi connectivity index (χ0n) is 19.0. The van der Waals surface area contributed by atoms with Gasteiger partial charge in [0.15, 0.2) is 29.5 Å². The lowest BCUT2D eigenvalue weighted by Gasteiger charge is -2.29. The molecule has 3 nitrogen and oxygen atoms in total. The fraction of sp³-hybridized carbons (Fsp3) is 0.333. The van der Waals surface area contributed by atoms with E-state index in [1.165, 1.54) is 48.5 Å². The molecule has 4 rings (SSSR count). The minimum atomic E-state index is -1.07. The Balaban J connectivity index is 1.56. The maximum Gasteiger partial charge on any atom is 0.201 e. The third-order valence-corrected chi connectivity index (χ3v) is 5.88. The van der Waals surface area contributed by atoms with Gasteiger partial charge in [-0.3, -0.25) is 0 Å². The summed E-state index contributed by atoms with van der Waals surface area (Å²) < 4.78 is 74.9. The van der Waals surface area contributed by atoms with E-state index >= 15 is 0 Å². The summed E-state index contributed by atoms with van der Waals surface area (Å²) in [4.78, 5) is 0. The van der Waals surface area contributed by atoms with Gasteiger partial charge in [0.25, 0.3) is 0 Å². The van der Waals surface area contributed by atoms with Gasteiger partial charge in [0.1, 0.15) is 0 Å². The van der Waals surface area contributed by atoms with Crippen molar-refractivity contribution in [2.24, 2.45) is 5.92 Å². The molecule has 1 aliphatic rings. The van der Waals surface area contributed by atoms with Crippen LogP contribution in [-0.4, -0.2) is 19.8 Å². The van der Waals surface area contributed by atoms with Gasteiger partial charge in [-0.15, -0.1) is 0 Å². The summed E-state index contributed by atoms with van der Waals surface area (Å²) in [5.74, 6) is -4.06. The second kappa shape index (κ2) is 10.6. The van der Waals surface area contributed by atoms with Gasteiger partial charge in [-0.2, -0.15) is 4.39 Å². The van der Waals surface area contributed by atoms with E-state index < -0.39 is 29.6 Å². The van der Waals surface area contributed by atoms with E-state index in [1.807, 2.05) is 0 Å². The van der Waals surface area contributed by atoms with Crippen LogP contribution in [0.4, 0.5) is 17.6 Å². The maximum absolute atomic E-state index is 14.9. The standard InChI is InChI=1S/C27H26F4O3/c1-3-5-16-14-33-27(34-15-16)21-11-10-19(23(28)25(21)30)17-6-8-18(9-7-17)20-12-13-22(32-4-2)26(31)24(20)29/h6-13,16,27H,3-5,14-15H2,1-2H3. The van der Waals surface area contributed by atoms with Crippen molar-refractivity contribution in [1.82, 2.24) is 0 Å². The molecule has 0 N–H and O–H groups in total. The van der Waals surface area contributed by atoms with E-state index in [4.69, 9.17) is 14.2 Å². The molecule has 0 radical (unpaired) electrons. The molecule has 0 atom stereocenters. The second-order valence-corrected chi connectivity index (χ2v) is 8.23. The molecule has 0 aliphatic carbocycles. The van der Waals surface area contributed by atoms with Crippen LogP contribution in [-0.2, 0) is 9.47 Å². The summed E-state index contributed by atoms with van der Waals surface area (Å²) in [6.45, 7) is 4.83. The van der Waals surface area contributed by atoms with Crippen LogP contribution in [0.3, 0.4) is 0 Å². The number of hydrogen-bond acceptors (Lipinski definition) is 3. The number of ether oxygens (including phenoxy) is 3. The molecule has 0 unspecified atom stereocenters. The van der Waals surface area contributed by atoms with E-state index in [0.29, 0.717) is 24.3 Å². The maximum atomic E-state index is 14.9. The van der Waals surface area contributed by atoms with Crippen LogP contribution in [0.1, 0.15) is 38.5 Å². The van der Waals surface area contributed by atoms with E-state index in [9.17, 15) is 17.6 Å². The van der Waals surface area contributed by atoms with Gasteiger partial charge < -0.3 is 14.2 Å². The molecule has 0 amide bonds. The Morgan fingerprint density at radius 3 is 1.85 bits per heavy atom. The smallest absolute Gasteiger partial charge is 0.201 e. The topological polar surface area (TPSA) is 27.7 Å². The Kier molecular flexibility index (Phi) is 7.54. The van der Waals surface area contributed by atoms with Crippen molar-refractivity contribution in [3.05, 3.63) is 77.4 Å². The highest BCUT2D eigenvalue weighted by Gasteiger charge is 2.27. The Morgan fingerprint density at radius 1 is 0.735 bits per heavy atom. The fourth-order valence-electron chi connectivity index (χ4n) is 4.12. The normalized spacial score (nSPS) is 18.2. The van der Waals surface area contributed by atoms with Crippen molar-refractivity contribution in [2.45, 2.75) is 33.0 Å². The van der Waals surface area contributed by atoms with E-state index in [1.54, 1.807) is 6.92 Å². The SMILES string of the molecule is CCCC1COC(c2ccc(-c3ccc(-c4ccc(OCC)c(F)c4F)cc3)c(F)c2F)OC1. The zero-order chi connectivity index (χ0) is 24.2. The van der Waals surface area contributed by atoms with Crippen molar-refractivity contribution in [3.8, 4) is 28.0 Å². The molecular weight excluding hydrogens is 448 g/mol. The molecule has 7 heteroatoms. The molecule has 1 heterocycles. The first-order chi connectivity index (χ1) is 16.4. The minimum Gasteiger partial charge on any atom is -0.491 e. The van der Waals surface area contributed by atoms with Crippen molar-refractivity contribution in [3.63, 3.8) is 0 Å². The second-order valence-electron chi connectivity index (χ2n) is 8.23. The number of benzene rings is 3. The first-order valence-electron chi connectivity index (χ1n) is 11.4. The third kappa shape index (κ3) is 4.81. The van der Waals surface area contributed by atoms with Crippen LogP contribution in [0.15, 0.2) is 48.5 Å². The highest BCUT2D eigenvalue weighted by atomic mass is 19.2. The summed E-state index contributed by atoms with van der Waals surface area (Å²) in [6, 6.07) is 11.8. The highest BCUT2D eigenvalue weighted by Crippen LogP contribution is 2.35. The average Bonchev–Trinajstić information content (AvgIpc) is 2.85. The fourth-order valence-corrected chi connectivity index (χ4v) is 4.12. The molecule has 34 heavy (non-hydrogen) atoms. The van der Waals surface area contributed by atoms with Crippen molar-refractivity contribution in [2.75, 3.05) is 19.8 Å². The molecule has 0 aromatic heterocycles. The zero-order valence-corrected chi connectivity index (χ0v) is 19.0. The van der Waals surface area contributed by atoms with E-state index in [2.05, 4.69) is 6.92 Å². The van der Waals surface area contributed by atoms with Crippen molar-refractivity contribution < 1.29 is 31.8 Å². The van der Waals surface area contributed by atoms with Gasteiger partial charge in [-0.25, -0.2) is 13.2 Å². The molecule has 0 spiro atoms. The summed E-state index contributed by atoms with van der Waals surface area (Å²) in [5, 5.41) is 0. The lowest BCUT2D eigenvalue weighted by atomic mass is 9.98. The molecule has 180 valence electrons. The predicted molar refractivity (Wildman–Crippen MR) is 121 cm³/mol. The molecule has 1 saturated heterocycles. The molecule has 0 bridgehead atoms. The molecule has 3 aromatic carbocycles. The lowest BCUT2D eigenvalue weighted by Crippen LogP contribution is -2.27. The number of rotatable bonds is 7. The molecular formula is C27H26F4O3. The average molecular weight is 474 g/mol. The van der Waals surface area contributed by atoms with Crippen molar-refractivity contribution >= 4 is 0 Å². The summed E-state index contributed by atoms with van der Waals surface area (Å²) >= 11 is 0. The summed E-state index contributed by atoms with van der Waals surface area (Å²) in [7, 11) is 0. The molecule has 0 saturated carbocycles. The largest absolute Gasteiger partial charge is 0.491 e. The van der Waals surface area contributed by atoms with Gasteiger partial charge in [0, 0.05) is 22.6 Å². The van der Waals surface area contributed by atoms with Crippen LogP contribution >= 0.6 is 0 Å². The third-order valence-electron chi connectivity index (χ3n) is 5.88. The van der Waals surface area contributed by atoms with Gasteiger partial charge in [-0.05, 0) is 36.6 Å². The Hall–Kier alpha value is -2.90. The van der Waals surface area contributed by atoms with Gasteiger partial charge >= 0.3 is 0 Å². The minimum absolute atomic E-state index is 0.0137. The van der Waals surface area contributed by atoms with Crippen LogP contribution in [0.2, 0.25) is 0 Å². The number of halogens is 4. The van der Waals surface area contributed by atoms with Gasteiger partial charge in [-0.1, -0.05) is 49.7 Å².